The lowest BCUT2D eigenvalue weighted by Crippen LogP contribution is -2.47. The van der Waals surface area contributed by atoms with Crippen molar-refractivity contribution in [3.8, 4) is 0 Å². The lowest BCUT2D eigenvalue weighted by atomic mass is 10.0. The fraction of sp³-hybridized carbons (Fsp3) is 0.611. The highest BCUT2D eigenvalue weighted by atomic mass is 19.1. The molecular formula is C18H25FN2O2. The molecule has 0 bridgehead atoms. The Hall–Kier alpha value is -1.78. The first-order valence-electron chi connectivity index (χ1n) is 8.37. The maximum atomic E-state index is 14.2. The van der Waals surface area contributed by atoms with Crippen LogP contribution in [0.5, 0.6) is 0 Å². The number of hydrogen-bond acceptors (Lipinski definition) is 3. The Morgan fingerprint density at radius 1 is 1.22 bits per heavy atom. The summed E-state index contributed by atoms with van der Waals surface area (Å²) >= 11 is 0. The molecule has 0 radical (unpaired) electrons. The number of fused-ring (bicyclic) bond motifs is 1. The molecule has 3 rings (SSSR count). The summed E-state index contributed by atoms with van der Waals surface area (Å²) in [7, 11) is 0. The maximum Gasteiger partial charge on any atom is 0.410 e. The molecule has 0 aliphatic carbocycles. The number of benzene rings is 1. The van der Waals surface area contributed by atoms with Crippen LogP contribution in [0.15, 0.2) is 18.2 Å². The third kappa shape index (κ3) is 3.43. The molecule has 2 aliphatic heterocycles. The van der Waals surface area contributed by atoms with Gasteiger partial charge in [0, 0.05) is 25.7 Å². The molecule has 2 heterocycles. The van der Waals surface area contributed by atoms with E-state index in [1.165, 1.54) is 6.07 Å². The average Bonchev–Trinajstić information content (AvgIpc) is 2.91. The number of likely N-dealkylation sites (tertiary alicyclic amines) is 1. The van der Waals surface area contributed by atoms with Crippen molar-refractivity contribution in [2.45, 2.75) is 51.7 Å². The molecule has 0 saturated carbocycles. The van der Waals surface area contributed by atoms with Crippen LogP contribution in [-0.2, 0) is 11.2 Å². The van der Waals surface area contributed by atoms with Crippen LogP contribution in [0.3, 0.4) is 0 Å². The number of carbonyl (C=O) groups excluding carboxylic acids is 1. The number of halogens is 1. The van der Waals surface area contributed by atoms with Crippen LogP contribution in [0.1, 0.15) is 39.2 Å². The Morgan fingerprint density at radius 3 is 2.57 bits per heavy atom. The first-order valence-corrected chi connectivity index (χ1v) is 8.37. The zero-order valence-electron chi connectivity index (χ0n) is 14.1. The predicted octanol–water partition coefficient (Wildman–Crippen LogP) is 3.59. The van der Waals surface area contributed by atoms with E-state index >= 15 is 0 Å². The van der Waals surface area contributed by atoms with Crippen molar-refractivity contribution in [1.82, 2.24) is 4.90 Å². The van der Waals surface area contributed by atoms with E-state index in [1.54, 1.807) is 11.0 Å². The second-order valence-corrected chi connectivity index (χ2v) is 7.39. The molecule has 0 unspecified atom stereocenters. The van der Waals surface area contributed by atoms with Crippen LogP contribution in [0.2, 0.25) is 0 Å². The van der Waals surface area contributed by atoms with E-state index in [0.29, 0.717) is 19.1 Å². The number of ether oxygens (including phenoxy) is 1. The third-order valence-electron chi connectivity index (χ3n) is 4.54. The van der Waals surface area contributed by atoms with Gasteiger partial charge in [-0.3, -0.25) is 0 Å². The molecule has 1 amide bonds. The minimum absolute atomic E-state index is 0.130. The zero-order valence-corrected chi connectivity index (χ0v) is 14.1. The van der Waals surface area contributed by atoms with E-state index in [1.807, 2.05) is 26.8 Å². The average molecular weight is 320 g/mol. The molecule has 126 valence electrons. The molecular weight excluding hydrogens is 295 g/mol. The van der Waals surface area contributed by atoms with E-state index < -0.39 is 5.60 Å². The SMILES string of the molecule is CC(C)(C)OC(=O)N1CCC(N2CCc3cccc(F)c32)CC1. The Bertz CT molecular complexity index is 589. The van der Waals surface area contributed by atoms with Crippen molar-refractivity contribution in [3.05, 3.63) is 29.6 Å². The van der Waals surface area contributed by atoms with Gasteiger partial charge < -0.3 is 14.5 Å². The molecule has 0 atom stereocenters. The number of anilines is 1. The number of hydrogen-bond donors (Lipinski definition) is 0. The van der Waals surface area contributed by atoms with Gasteiger partial charge in [0.25, 0.3) is 0 Å². The summed E-state index contributed by atoms with van der Waals surface area (Å²) in [5.41, 5.74) is 1.40. The molecule has 0 N–H and O–H groups in total. The summed E-state index contributed by atoms with van der Waals surface area (Å²) < 4.78 is 19.6. The Balaban J connectivity index is 1.62. The van der Waals surface area contributed by atoms with Crippen LogP contribution < -0.4 is 4.90 Å². The highest BCUT2D eigenvalue weighted by Gasteiger charge is 2.33. The summed E-state index contributed by atoms with van der Waals surface area (Å²) in [5, 5.41) is 0. The largest absolute Gasteiger partial charge is 0.444 e. The molecule has 5 heteroatoms. The lowest BCUT2D eigenvalue weighted by molar-refractivity contribution is 0.0205. The summed E-state index contributed by atoms with van der Waals surface area (Å²) in [6.07, 6.45) is 2.36. The standard InChI is InChI=1S/C18H25FN2O2/c1-18(2,3)23-17(22)20-10-8-14(9-11-20)21-12-7-13-5-4-6-15(19)16(13)21/h4-6,14H,7-12H2,1-3H3. The molecule has 23 heavy (non-hydrogen) atoms. The predicted molar refractivity (Wildman–Crippen MR) is 88.3 cm³/mol. The van der Waals surface area contributed by atoms with Crippen molar-refractivity contribution in [2.24, 2.45) is 0 Å². The van der Waals surface area contributed by atoms with Crippen molar-refractivity contribution in [1.29, 1.82) is 0 Å². The monoisotopic (exact) mass is 320 g/mol. The van der Waals surface area contributed by atoms with Gasteiger partial charge in [0.05, 0.1) is 5.69 Å². The Kier molecular flexibility index (Phi) is 4.21. The van der Waals surface area contributed by atoms with Crippen molar-refractivity contribution in [3.63, 3.8) is 0 Å². The van der Waals surface area contributed by atoms with Gasteiger partial charge in [0.2, 0.25) is 0 Å². The molecule has 1 aromatic carbocycles. The minimum Gasteiger partial charge on any atom is -0.444 e. The molecule has 0 spiro atoms. The smallest absolute Gasteiger partial charge is 0.410 e. The van der Waals surface area contributed by atoms with Crippen LogP contribution >= 0.6 is 0 Å². The van der Waals surface area contributed by atoms with E-state index in [0.717, 1.165) is 37.1 Å². The maximum absolute atomic E-state index is 14.2. The van der Waals surface area contributed by atoms with Crippen LogP contribution in [0.25, 0.3) is 0 Å². The molecule has 1 aromatic rings. The van der Waals surface area contributed by atoms with Gasteiger partial charge in [-0.2, -0.15) is 0 Å². The Morgan fingerprint density at radius 2 is 1.91 bits per heavy atom. The fourth-order valence-electron chi connectivity index (χ4n) is 3.49. The van der Waals surface area contributed by atoms with Crippen LogP contribution in [0, 0.1) is 5.82 Å². The van der Waals surface area contributed by atoms with Crippen molar-refractivity contribution in [2.75, 3.05) is 24.5 Å². The first kappa shape index (κ1) is 16.1. The summed E-state index contributed by atoms with van der Waals surface area (Å²) in [6, 6.07) is 5.62. The van der Waals surface area contributed by atoms with Gasteiger partial charge in [-0.15, -0.1) is 0 Å². The minimum atomic E-state index is -0.467. The van der Waals surface area contributed by atoms with Crippen LogP contribution in [-0.4, -0.2) is 42.3 Å². The molecule has 4 nitrogen and oxygen atoms in total. The van der Waals surface area contributed by atoms with E-state index in [9.17, 15) is 9.18 Å². The van der Waals surface area contributed by atoms with E-state index in [2.05, 4.69) is 4.90 Å². The van der Waals surface area contributed by atoms with Crippen LogP contribution in [0.4, 0.5) is 14.9 Å². The van der Waals surface area contributed by atoms with Gasteiger partial charge in [0.1, 0.15) is 11.4 Å². The third-order valence-corrected chi connectivity index (χ3v) is 4.54. The topological polar surface area (TPSA) is 32.8 Å². The number of nitrogens with zero attached hydrogens (tertiary/aromatic N) is 2. The van der Waals surface area contributed by atoms with Gasteiger partial charge in [-0.1, -0.05) is 12.1 Å². The highest BCUT2D eigenvalue weighted by Crippen LogP contribution is 2.34. The summed E-state index contributed by atoms with van der Waals surface area (Å²) in [6.45, 7) is 7.83. The van der Waals surface area contributed by atoms with Crippen molar-refractivity contribution < 1.29 is 13.9 Å². The van der Waals surface area contributed by atoms with E-state index in [-0.39, 0.29) is 11.9 Å². The first-order chi connectivity index (χ1) is 10.8. The van der Waals surface area contributed by atoms with Gasteiger partial charge in [0.15, 0.2) is 0 Å². The summed E-state index contributed by atoms with van der Waals surface area (Å²) in [4.78, 5) is 16.1. The number of rotatable bonds is 1. The number of piperidine rings is 1. The van der Waals surface area contributed by atoms with Gasteiger partial charge >= 0.3 is 6.09 Å². The molecule has 0 aromatic heterocycles. The second-order valence-electron chi connectivity index (χ2n) is 7.39. The zero-order chi connectivity index (χ0) is 16.6. The van der Waals surface area contributed by atoms with Crippen molar-refractivity contribution >= 4 is 11.8 Å². The fourth-order valence-corrected chi connectivity index (χ4v) is 3.49. The van der Waals surface area contributed by atoms with E-state index in [4.69, 9.17) is 4.74 Å². The second kappa shape index (κ2) is 6.02. The summed E-state index contributed by atoms with van der Waals surface area (Å²) in [5.74, 6) is -0.130. The molecule has 1 fully saturated rings. The quantitative estimate of drug-likeness (QED) is 0.793. The highest BCUT2D eigenvalue weighted by molar-refractivity contribution is 5.68. The Labute approximate surface area is 137 Å². The molecule has 1 saturated heterocycles. The number of para-hydroxylation sites is 1. The lowest BCUT2D eigenvalue weighted by Gasteiger charge is -2.38. The number of carbonyl (C=O) groups is 1. The van der Waals surface area contributed by atoms with Gasteiger partial charge in [-0.25, -0.2) is 9.18 Å². The van der Waals surface area contributed by atoms with Gasteiger partial charge in [-0.05, 0) is 51.7 Å². The molecule has 2 aliphatic rings. The normalized spacial score (nSPS) is 19.0. The number of amides is 1.